The van der Waals surface area contributed by atoms with E-state index < -0.39 is 0 Å². The van der Waals surface area contributed by atoms with Crippen LogP contribution in [0.3, 0.4) is 0 Å². The van der Waals surface area contributed by atoms with E-state index in [1.54, 1.807) is 13.2 Å². The van der Waals surface area contributed by atoms with E-state index in [-0.39, 0.29) is 6.04 Å². The summed E-state index contributed by atoms with van der Waals surface area (Å²) in [7, 11) is 1.65. The van der Waals surface area contributed by atoms with Crippen LogP contribution in [0.5, 0.6) is 5.75 Å². The topological polar surface area (TPSA) is 35.2 Å². The van der Waals surface area contributed by atoms with Gasteiger partial charge in [0.25, 0.3) is 0 Å². The molecular formula is C10H12INO. The Morgan fingerprint density at radius 2 is 2.31 bits per heavy atom. The summed E-state index contributed by atoms with van der Waals surface area (Å²) < 4.78 is 6.27. The Morgan fingerprint density at radius 1 is 1.62 bits per heavy atom. The van der Waals surface area contributed by atoms with Gasteiger partial charge in [0.15, 0.2) is 0 Å². The molecule has 0 fully saturated rings. The molecule has 1 atom stereocenters. The largest absolute Gasteiger partial charge is 0.496 e. The first kappa shape index (κ1) is 10.5. The highest BCUT2D eigenvalue weighted by Crippen LogP contribution is 2.24. The zero-order valence-electron chi connectivity index (χ0n) is 7.46. The third-order valence-electron chi connectivity index (χ3n) is 1.81. The zero-order chi connectivity index (χ0) is 9.84. The molecule has 0 aliphatic carbocycles. The summed E-state index contributed by atoms with van der Waals surface area (Å²) in [5.74, 6) is 0.857. The molecule has 0 amide bonds. The predicted octanol–water partition coefficient (Wildman–Crippen LogP) is 2.49. The normalized spacial score (nSPS) is 12.2. The van der Waals surface area contributed by atoms with Gasteiger partial charge in [-0.1, -0.05) is 12.1 Å². The molecule has 0 spiro atoms. The molecule has 13 heavy (non-hydrogen) atoms. The standard InChI is InChI=1S/C10H12INO/c1-3-9(12)7-4-5-8(11)10(6-7)13-2/h3-6,9H,1,12H2,2H3. The summed E-state index contributed by atoms with van der Waals surface area (Å²) in [6.07, 6.45) is 1.71. The molecule has 0 heterocycles. The van der Waals surface area contributed by atoms with E-state index in [2.05, 4.69) is 29.2 Å². The van der Waals surface area contributed by atoms with E-state index in [0.29, 0.717) is 0 Å². The summed E-state index contributed by atoms with van der Waals surface area (Å²) in [5, 5.41) is 0. The van der Waals surface area contributed by atoms with Gasteiger partial charge in [-0.3, -0.25) is 0 Å². The Morgan fingerprint density at radius 3 is 2.85 bits per heavy atom. The lowest BCUT2D eigenvalue weighted by atomic mass is 10.1. The van der Waals surface area contributed by atoms with Crippen LogP contribution in [-0.2, 0) is 0 Å². The van der Waals surface area contributed by atoms with Crippen LogP contribution < -0.4 is 10.5 Å². The van der Waals surface area contributed by atoms with Crippen LogP contribution in [0.15, 0.2) is 30.9 Å². The SMILES string of the molecule is C=CC(N)c1ccc(I)c(OC)c1. The van der Waals surface area contributed by atoms with Crippen LogP contribution in [0.1, 0.15) is 11.6 Å². The second-order valence-electron chi connectivity index (χ2n) is 2.66. The predicted molar refractivity (Wildman–Crippen MR) is 62.8 cm³/mol. The maximum atomic E-state index is 5.79. The highest BCUT2D eigenvalue weighted by atomic mass is 127. The number of nitrogens with two attached hydrogens (primary N) is 1. The third kappa shape index (κ3) is 2.45. The summed E-state index contributed by atoms with van der Waals surface area (Å²) in [5.41, 5.74) is 6.81. The van der Waals surface area contributed by atoms with Crippen LogP contribution in [0.4, 0.5) is 0 Å². The number of methoxy groups -OCH3 is 1. The molecule has 0 aromatic heterocycles. The van der Waals surface area contributed by atoms with Gasteiger partial charge in [-0.25, -0.2) is 0 Å². The average molecular weight is 289 g/mol. The van der Waals surface area contributed by atoms with Crippen molar-refractivity contribution in [1.82, 2.24) is 0 Å². The van der Waals surface area contributed by atoms with Gasteiger partial charge in [0.2, 0.25) is 0 Å². The fraction of sp³-hybridized carbons (Fsp3) is 0.200. The lowest BCUT2D eigenvalue weighted by Gasteiger charge is -2.09. The van der Waals surface area contributed by atoms with E-state index >= 15 is 0 Å². The summed E-state index contributed by atoms with van der Waals surface area (Å²) >= 11 is 2.22. The molecular weight excluding hydrogens is 277 g/mol. The molecule has 0 aliphatic rings. The minimum absolute atomic E-state index is 0.120. The number of hydrogen-bond donors (Lipinski definition) is 1. The van der Waals surface area contributed by atoms with Crippen molar-refractivity contribution in [3.05, 3.63) is 40.0 Å². The van der Waals surface area contributed by atoms with Gasteiger partial charge in [-0.15, -0.1) is 6.58 Å². The lowest BCUT2D eigenvalue weighted by molar-refractivity contribution is 0.411. The Hall–Kier alpha value is -0.550. The first-order valence-corrected chi connectivity index (χ1v) is 4.98. The van der Waals surface area contributed by atoms with Crippen molar-refractivity contribution in [3.63, 3.8) is 0 Å². The highest BCUT2D eigenvalue weighted by Gasteiger charge is 2.05. The molecule has 0 radical (unpaired) electrons. The van der Waals surface area contributed by atoms with E-state index in [9.17, 15) is 0 Å². The summed E-state index contributed by atoms with van der Waals surface area (Å²) in [6.45, 7) is 3.65. The van der Waals surface area contributed by atoms with Crippen molar-refractivity contribution < 1.29 is 4.74 Å². The van der Waals surface area contributed by atoms with Gasteiger partial charge >= 0.3 is 0 Å². The van der Waals surface area contributed by atoms with Gasteiger partial charge in [0.05, 0.1) is 10.7 Å². The van der Waals surface area contributed by atoms with E-state index in [1.807, 2.05) is 18.2 Å². The third-order valence-corrected chi connectivity index (χ3v) is 2.71. The second kappa shape index (κ2) is 4.62. The molecule has 1 aromatic rings. The Balaban J connectivity index is 3.05. The molecule has 0 saturated heterocycles. The minimum atomic E-state index is -0.120. The number of hydrogen-bond acceptors (Lipinski definition) is 2. The molecule has 0 aliphatic heterocycles. The Labute approximate surface area is 91.9 Å². The number of rotatable bonds is 3. The van der Waals surface area contributed by atoms with Crippen molar-refractivity contribution in [2.45, 2.75) is 6.04 Å². The molecule has 70 valence electrons. The minimum Gasteiger partial charge on any atom is -0.496 e. The van der Waals surface area contributed by atoms with Gasteiger partial charge in [-0.2, -0.15) is 0 Å². The van der Waals surface area contributed by atoms with Crippen molar-refractivity contribution in [3.8, 4) is 5.75 Å². The molecule has 1 rings (SSSR count). The van der Waals surface area contributed by atoms with Gasteiger partial charge < -0.3 is 10.5 Å². The van der Waals surface area contributed by atoms with Crippen molar-refractivity contribution in [2.75, 3.05) is 7.11 Å². The van der Waals surface area contributed by atoms with Gasteiger partial charge in [-0.05, 0) is 40.3 Å². The van der Waals surface area contributed by atoms with Gasteiger partial charge in [0.1, 0.15) is 5.75 Å². The summed E-state index contributed by atoms with van der Waals surface area (Å²) in [4.78, 5) is 0. The smallest absolute Gasteiger partial charge is 0.132 e. The Bertz CT molecular complexity index is 312. The number of ether oxygens (including phenoxy) is 1. The molecule has 0 bridgehead atoms. The van der Waals surface area contributed by atoms with Crippen LogP contribution >= 0.6 is 22.6 Å². The average Bonchev–Trinajstić information content (AvgIpc) is 2.17. The molecule has 1 unspecified atom stereocenters. The van der Waals surface area contributed by atoms with E-state index in [0.717, 1.165) is 14.9 Å². The molecule has 2 nitrogen and oxygen atoms in total. The quantitative estimate of drug-likeness (QED) is 0.685. The molecule has 3 heteroatoms. The maximum Gasteiger partial charge on any atom is 0.132 e. The van der Waals surface area contributed by atoms with Crippen LogP contribution in [-0.4, -0.2) is 7.11 Å². The fourth-order valence-electron chi connectivity index (χ4n) is 1.02. The van der Waals surface area contributed by atoms with E-state index in [1.165, 1.54) is 0 Å². The van der Waals surface area contributed by atoms with Crippen LogP contribution in [0, 0.1) is 3.57 Å². The monoisotopic (exact) mass is 289 g/mol. The second-order valence-corrected chi connectivity index (χ2v) is 3.82. The maximum absolute atomic E-state index is 5.79. The van der Waals surface area contributed by atoms with Crippen molar-refractivity contribution >= 4 is 22.6 Å². The molecule has 0 saturated carbocycles. The van der Waals surface area contributed by atoms with Crippen molar-refractivity contribution in [2.24, 2.45) is 5.73 Å². The number of halogens is 1. The lowest BCUT2D eigenvalue weighted by Crippen LogP contribution is -2.06. The Kier molecular flexibility index (Phi) is 3.74. The van der Waals surface area contributed by atoms with Crippen molar-refractivity contribution in [1.29, 1.82) is 0 Å². The molecule has 1 aromatic carbocycles. The summed E-state index contributed by atoms with van der Waals surface area (Å²) in [6, 6.07) is 5.79. The fourth-order valence-corrected chi connectivity index (χ4v) is 1.58. The first-order valence-electron chi connectivity index (χ1n) is 3.90. The van der Waals surface area contributed by atoms with Crippen LogP contribution in [0.25, 0.3) is 0 Å². The highest BCUT2D eigenvalue weighted by molar-refractivity contribution is 14.1. The van der Waals surface area contributed by atoms with Crippen LogP contribution in [0.2, 0.25) is 0 Å². The van der Waals surface area contributed by atoms with Gasteiger partial charge in [0, 0.05) is 6.04 Å². The first-order chi connectivity index (χ1) is 6.19. The molecule has 2 N–H and O–H groups in total. The number of benzene rings is 1. The zero-order valence-corrected chi connectivity index (χ0v) is 9.61. The van der Waals surface area contributed by atoms with E-state index in [4.69, 9.17) is 10.5 Å².